The number of nitrogens with zero attached hydrogens (tertiary/aromatic N) is 3. The van der Waals surface area contributed by atoms with E-state index < -0.39 is 6.10 Å². The molecule has 0 aliphatic carbocycles. The van der Waals surface area contributed by atoms with E-state index in [1.165, 1.54) is 17.0 Å². The highest BCUT2D eigenvalue weighted by Crippen LogP contribution is 2.35. The van der Waals surface area contributed by atoms with Crippen LogP contribution in [0.2, 0.25) is 0 Å². The zero-order chi connectivity index (χ0) is 17.3. The Balaban J connectivity index is 1.86. The third-order valence-corrected chi connectivity index (χ3v) is 4.23. The van der Waals surface area contributed by atoms with Gasteiger partial charge in [-0.05, 0) is 36.2 Å². The van der Waals surface area contributed by atoms with Crippen molar-refractivity contribution in [2.75, 3.05) is 25.5 Å². The fourth-order valence-electron chi connectivity index (χ4n) is 3.01. The van der Waals surface area contributed by atoms with Crippen LogP contribution in [-0.4, -0.2) is 47.6 Å². The number of aliphatic hydroxyl groups excluding tert-OH is 1. The first kappa shape index (κ1) is 16.4. The van der Waals surface area contributed by atoms with Crippen LogP contribution < -0.4 is 4.90 Å². The minimum Gasteiger partial charge on any atom is -0.391 e. The number of hydrogen-bond acceptors (Lipinski definition) is 4. The van der Waals surface area contributed by atoms with E-state index in [1.54, 1.807) is 44.6 Å². The summed E-state index contributed by atoms with van der Waals surface area (Å²) in [5.41, 5.74) is 1.45. The molecule has 0 unspecified atom stereocenters. The number of aliphatic hydroxyl groups is 1. The molecule has 2 aromatic rings. The predicted molar refractivity (Wildman–Crippen MR) is 89.4 cm³/mol. The zero-order valence-electron chi connectivity index (χ0n) is 13.7. The van der Waals surface area contributed by atoms with Gasteiger partial charge in [0.05, 0.1) is 17.7 Å². The van der Waals surface area contributed by atoms with Gasteiger partial charge in [0.15, 0.2) is 0 Å². The Morgan fingerprint density at radius 2 is 1.96 bits per heavy atom. The van der Waals surface area contributed by atoms with Gasteiger partial charge >= 0.3 is 0 Å². The molecular formula is C18H20FN3O2. The summed E-state index contributed by atoms with van der Waals surface area (Å²) >= 11 is 0. The maximum absolute atomic E-state index is 13.1. The van der Waals surface area contributed by atoms with E-state index in [1.807, 2.05) is 4.90 Å². The summed E-state index contributed by atoms with van der Waals surface area (Å²) in [5.74, 6) is 0.301. The number of β-amino-alcohol motifs (C(OH)–C–C–N with tert-alkyl or cyclic N) is 1. The number of carbonyl (C=O) groups excluding carboxylic acids is 1. The van der Waals surface area contributed by atoms with Gasteiger partial charge in [-0.15, -0.1) is 0 Å². The van der Waals surface area contributed by atoms with Gasteiger partial charge in [0.2, 0.25) is 0 Å². The number of aromatic nitrogens is 1. The molecule has 1 amide bonds. The number of hydrogen-bond donors (Lipinski definition) is 1. The van der Waals surface area contributed by atoms with Crippen LogP contribution in [0.25, 0.3) is 0 Å². The summed E-state index contributed by atoms with van der Waals surface area (Å²) in [5, 5.41) is 10.1. The average molecular weight is 329 g/mol. The van der Waals surface area contributed by atoms with Crippen molar-refractivity contribution >= 4 is 11.7 Å². The number of anilines is 1. The number of benzene rings is 1. The normalized spacial score (nSPS) is 20.2. The van der Waals surface area contributed by atoms with Gasteiger partial charge in [-0.1, -0.05) is 12.1 Å². The summed E-state index contributed by atoms with van der Waals surface area (Å²) in [7, 11) is 3.38. The lowest BCUT2D eigenvalue weighted by Crippen LogP contribution is -2.26. The molecule has 2 heterocycles. The fraction of sp³-hybridized carbons (Fsp3) is 0.333. The molecule has 2 atom stereocenters. The standard InChI is InChI=1S/C18H20FN3O2/c1-21(2)18(24)13-5-8-17(20-10-13)22-11-15(23)9-16(22)12-3-6-14(19)7-4-12/h3-8,10,15-16,23H,9,11H2,1-2H3/t15-,16-/m1/s1. The molecule has 1 aromatic heterocycles. The molecule has 126 valence electrons. The molecule has 0 saturated carbocycles. The molecule has 1 aromatic carbocycles. The smallest absolute Gasteiger partial charge is 0.254 e. The monoisotopic (exact) mass is 329 g/mol. The summed E-state index contributed by atoms with van der Waals surface area (Å²) in [6.07, 6.45) is 1.64. The Kier molecular flexibility index (Phi) is 4.49. The molecule has 3 rings (SSSR count). The maximum Gasteiger partial charge on any atom is 0.254 e. The maximum atomic E-state index is 13.1. The highest BCUT2D eigenvalue weighted by Gasteiger charge is 2.33. The average Bonchev–Trinajstić information content (AvgIpc) is 2.96. The molecule has 6 heteroatoms. The number of carbonyl (C=O) groups is 1. The largest absolute Gasteiger partial charge is 0.391 e. The molecular weight excluding hydrogens is 309 g/mol. The van der Waals surface area contributed by atoms with Crippen molar-refractivity contribution in [1.29, 1.82) is 0 Å². The Hall–Kier alpha value is -2.47. The first-order valence-corrected chi connectivity index (χ1v) is 7.83. The minimum absolute atomic E-state index is 0.0662. The van der Waals surface area contributed by atoms with Crippen LogP contribution in [0, 0.1) is 5.82 Å². The zero-order valence-corrected chi connectivity index (χ0v) is 13.7. The van der Waals surface area contributed by atoms with Gasteiger partial charge in [-0.2, -0.15) is 0 Å². The third-order valence-electron chi connectivity index (χ3n) is 4.23. The van der Waals surface area contributed by atoms with Crippen LogP contribution in [-0.2, 0) is 0 Å². The molecule has 0 spiro atoms. The van der Waals surface area contributed by atoms with E-state index in [2.05, 4.69) is 4.98 Å². The quantitative estimate of drug-likeness (QED) is 0.938. The van der Waals surface area contributed by atoms with E-state index in [-0.39, 0.29) is 17.8 Å². The fourth-order valence-corrected chi connectivity index (χ4v) is 3.01. The van der Waals surface area contributed by atoms with Crippen molar-refractivity contribution in [3.05, 3.63) is 59.5 Å². The van der Waals surface area contributed by atoms with E-state index in [0.717, 1.165) is 5.56 Å². The lowest BCUT2D eigenvalue weighted by molar-refractivity contribution is 0.0827. The molecule has 0 bridgehead atoms. The SMILES string of the molecule is CN(C)C(=O)c1ccc(N2C[C@H](O)C[C@@H]2c2ccc(F)cc2)nc1. The first-order valence-electron chi connectivity index (χ1n) is 7.83. The van der Waals surface area contributed by atoms with Crippen molar-refractivity contribution in [1.82, 2.24) is 9.88 Å². The first-order chi connectivity index (χ1) is 11.5. The van der Waals surface area contributed by atoms with Crippen molar-refractivity contribution in [2.24, 2.45) is 0 Å². The van der Waals surface area contributed by atoms with Crippen LogP contribution in [0.3, 0.4) is 0 Å². The predicted octanol–water partition coefficient (Wildman–Crippen LogP) is 2.23. The molecule has 1 aliphatic rings. The van der Waals surface area contributed by atoms with Crippen molar-refractivity contribution < 1.29 is 14.3 Å². The topological polar surface area (TPSA) is 56.7 Å². The van der Waals surface area contributed by atoms with Crippen LogP contribution in [0.4, 0.5) is 10.2 Å². The van der Waals surface area contributed by atoms with Gasteiger partial charge in [-0.25, -0.2) is 9.37 Å². The summed E-state index contributed by atoms with van der Waals surface area (Å²) in [6.45, 7) is 0.454. The van der Waals surface area contributed by atoms with E-state index in [9.17, 15) is 14.3 Å². The Morgan fingerprint density at radius 1 is 1.25 bits per heavy atom. The lowest BCUT2D eigenvalue weighted by atomic mass is 10.0. The van der Waals surface area contributed by atoms with Crippen molar-refractivity contribution in [3.8, 4) is 0 Å². The minimum atomic E-state index is -0.468. The molecule has 5 nitrogen and oxygen atoms in total. The molecule has 0 radical (unpaired) electrons. The third kappa shape index (κ3) is 3.23. The van der Waals surface area contributed by atoms with Gasteiger partial charge < -0.3 is 14.9 Å². The van der Waals surface area contributed by atoms with Crippen LogP contribution >= 0.6 is 0 Å². The highest BCUT2D eigenvalue weighted by atomic mass is 19.1. The van der Waals surface area contributed by atoms with Crippen LogP contribution in [0.15, 0.2) is 42.6 Å². The van der Waals surface area contributed by atoms with Gasteiger partial charge in [0, 0.05) is 26.8 Å². The van der Waals surface area contributed by atoms with Gasteiger partial charge in [0.1, 0.15) is 11.6 Å². The van der Waals surface area contributed by atoms with E-state index >= 15 is 0 Å². The number of halogens is 1. The Morgan fingerprint density at radius 3 is 2.54 bits per heavy atom. The Labute approximate surface area is 140 Å². The van der Waals surface area contributed by atoms with Crippen molar-refractivity contribution in [3.63, 3.8) is 0 Å². The number of rotatable bonds is 3. The lowest BCUT2D eigenvalue weighted by Gasteiger charge is -2.26. The summed E-state index contributed by atoms with van der Waals surface area (Å²) < 4.78 is 13.1. The summed E-state index contributed by atoms with van der Waals surface area (Å²) in [4.78, 5) is 19.8. The summed E-state index contributed by atoms with van der Waals surface area (Å²) in [6, 6.07) is 9.75. The molecule has 1 saturated heterocycles. The van der Waals surface area contributed by atoms with E-state index in [0.29, 0.717) is 24.3 Å². The molecule has 24 heavy (non-hydrogen) atoms. The second-order valence-electron chi connectivity index (χ2n) is 6.21. The van der Waals surface area contributed by atoms with Gasteiger partial charge in [0.25, 0.3) is 5.91 Å². The van der Waals surface area contributed by atoms with E-state index in [4.69, 9.17) is 0 Å². The van der Waals surface area contributed by atoms with Crippen LogP contribution in [0.5, 0.6) is 0 Å². The number of amides is 1. The van der Waals surface area contributed by atoms with Crippen LogP contribution in [0.1, 0.15) is 28.4 Å². The highest BCUT2D eigenvalue weighted by molar-refractivity contribution is 5.93. The number of pyridine rings is 1. The second-order valence-corrected chi connectivity index (χ2v) is 6.21. The Bertz CT molecular complexity index is 716. The molecule has 1 N–H and O–H groups in total. The molecule has 1 fully saturated rings. The second kappa shape index (κ2) is 6.57. The van der Waals surface area contributed by atoms with Crippen molar-refractivity contribution in [2.45, 2.75) is 18.6 Å². The molecule has 1 aliphatic heterocycles. The van der Waals surface area contributed by atoms with Gasteiger partial charge in [-0.3, -0.25) is 4.79 Å².